The summed E-state index contributed by atoms with van der Waals surface area (Å²) in [4.78, 5) is 6.35. The van der Waals surface area contributed by atoms with Crippen LogP contribution in [0.1, 0.15) is 23.5 Å². The van der Waals surface area contributed by atoms with Gasteiger partial charge in [0.15, 0.2) is 5.11 Å². The van der Waals surface area contributed by atoms with Crippen molar-refractivity contribution in [2.45, 2.75) is 12.1 Å². The van der Waals surface area contributed by atoms with E-state index in [-0.39, 0.29) is 23.7 Å². The maximum Gasteiger partial charge on any atom is 0.174 e. The molecular weight excluding hydrogens is 411 g/mol. The third-order valence-electron chi connectivity index (χ3n) is 5.42. The van der Waals surface area contributed by atoms with E-state index in [0.717, 1.165) is 17.1 Å². The van der Waals surface area contributed by atoms with Crippen molar-refractivity contribution < 1.29 is 9.50 Å². The smallest absolute Gasteiger partial charge is 0.174 e. The zero-order valence-corrected chi connectivity index (χ0v) is 17.2. The first-order chi connectivity index (χ1) is 15.1. The summed E-state index contributed by atoms with van der Waals surface area (Å²) in [6.07, 6.45) is 3.68. The molecule has 1 aliphatic rings. The van der Waals surface area contributed by atoms with Crippen molar-refractivity contribution in [1.82, 2.24) is 14.9 Å². The van der Waals surface area contributed by atoms with Gasteiger partial charge in [-0.2, -0.15) is 0 Å². The summed E-state index contributed by atoms with van der Waals surface area (Å²) in [6, 6.07) is 22.6. The van der Waals surface area contributed by atoms with Crippen LogP contribution in [0.3, 0.4) is 0 Å². The first-order valence-electron chi connectivity index (χ1n) is 9.85. The Morgan fingerprint density at radius 2 is 1.71 bits per heavy atom. The molecule has 0 bridgehead atoms. The van der Waals surface area contributed by atoms with E-state index in [2.05, 4.69) is 10.3 Å². The fourth-order valence-corrected chi connectivity index (χ4v) is 4.38. The molecule has 1 saturated heterocycles. The van der Waals surface area contributed by atoms with Crippen LogP contribution < -0.4 is 10.2 Å². The molecule has 2 atom stereocenters. The molecule has 2 aromatic heterocycles. The van der Waals surface area contributed by atoms with Gasteiger partial charge < -0.3 is 19.9 Å². The number of para-hydroxylation sites is 1. The molecule has 154 valence electrons. The van der Waals surface area contributed by atoms with E-state index in [0.29, 0.717) is 10.8 Å². The first-order valence-corrected chi connectivity index (χ1v) is 10.3. The van der Waals surface area contributed by atoms with Crippen LogP contribution in [0, 0.1) is 5.82 Å². The predicted octanol–water partition coefficient (Wildman–Crippen LogP) is 4.89. The average molecular weight is 431 g/mol. The highest BCUT2D eigenvalue weighted by atomic mass is 32.1. The van der Waals surface area contributed by atoms with E-state index in [1.807, 2.05) is 58.1 Å². The minimum atomic E-state index is -0.346. The van der Waals surface area contributed by atoms with Crippen LogP contribution in [-0.4, -0.2) is 19.8 Å². The van der Waals surface area contributed by atoms with Crippen LogP contribution >= 0.6 is 12.2 Å². The quantitative estimate of drug-likeness (QED) is 0.452. The summed E-state index contributed by atoms with van der Waals surface area (Å²) >= 11 is 5.67. The topological polar surface area (TPSA) is 53.3 Å². The zero-order chi connectivity index (χ0) is 21.4. The Hall–Kier alpha value is -3.71. The summed E-state index contributed by atoms with van der Waals surface area (Å²) in [5, 5.41) is 13.5. The summed E-state index contributed by atoms with van der Waals surface area (Å²) in [6.45, 7) is 0. The Morgan fingerprint density at radius 3 is 2.45 bits per heavy atom. The molecule has 0 unspecified atom stereocenters. The molecule has 2 N–H and O–H groups in total. The van der Waals surface area contributed by atoms with Crippen LogP contribution in [0.5, 0.6) is 5.75 Å². The van der Waals surface area contributed by atoms with Gasteiger partial charge in [0, 0.05) is 23.8 Å². The number of benzene rings is 2. The van der Waals surface area contributed by atoms with Crippen LogP contribution in [-0.2, 0) is 0 Å². The van der Waals surface area contributed by atoms with Gasteiger partial charge >= 0.3 is 0 Å². The van der Waals surface area contributed by atoms with Crippen molar-refractivity contribution >= 4 is 23.0 Å². The molecule has 0 amide bonds. The lowest BCUT2D eigenvalue weighted by Gasteiger charge is -2.29. The Kier molecular flexibility index (Phi) is 4.88. The summed E-state index contributed by atoms with van der Waals surface area (Å²) in [7, 11) is 0. The second-order valence-electron chi connectivity index (χ2n) is 7.27. The highest BCUT2D eigenvalue weighted by Crippen LogP contribution is 2.42. The van der Waals surface area contributed by atoms with Gasteiger partial charge in [-0.3, -0.25) is 4.98 Å². The van der Waals surface area contributed by atoms with Crippen LogP contribution in [0.15, 0.2) is 91.3 Å². The summed E-state index contributed by atoms with van der Waals surface area (Å²) < 4.78 is 16.9. The molecule has 5 rings (SSSR count). The Morgan fingerprint density at radius 1 is 0.935 bits per heavy atom. The molecule has 1 fully saturated rings. The normalized spacial score (nSPS) is 18.2. The van der Waals surface area contributed by atoms with Gasteiger partial charge in [-0.05, 0) is 72.9 Å². The number of hydrogen-bond acceptors (Lipinski definition) is 3. The maximum atomic E-state index is 14.8. The molecule has 31 heavy (non-hydrogen) atoms. The zero-order valence-electron chi connectivity index (χ0n) is 16.4. The molecule has 3 heterocycles. The van der Waals surface area contributed by atoms with E-state index >= 15 is 0 Å². The molecule has 1 aliphatic heterocycles. The highest BCUT2D eigenvalue weighted by molar-refractivity contribution is 7.80. The monoisotopic (exact) mass is 430 g/mol. The van der Waals surface area contributed by atoms with Gasteiger partial charge in [0.05, 0.1) is 17.4 Å². The third-order valence-corrected chi connectivity index (χ3v) is 5.74. The fraction of sp³-hybridized carbons (Fsp3) is 0.0833. The Balaban J connectivity index is 1.68. The number of anilines is 1. The molecular formula is C24H19FN4OS. The lowest BCUT2D eigenvalue weighted by atomic mass is 10.0. The van der Waals surface area contributed by atoms with Crippen molar-refractivity contribution in [3.05, 3.63) is 108 Å². The van der Waals surface area contributed by atoms with E-state index < -0.39 is 0 Å². The third kappa shape index (κ3) is 3.43. The molecule has 4 aromatic rings. The number of aromatic hydroxyl groups is 1. The predicted molar refractivity (Wildman–Crippen MR) is 122 cm³/mol. The highest BCUT2D eigenvalue weighted by Gasteiger charge is 2.42. The number of aromatic nitrogens is 2. The molecule has 5 nitrogen and oxygen atoms in total. The van der Waals surface area contributed by atoms with E-state index in [4.69, 9.17) is 12.2 Å². The summed E-state index contributed by atoms with van der Waals surface area (Å²) in [5.41, 5.74) is 3.01. The van der Waals surface area contributed by atoms with Gasteiger partial charge in [-0.25, -0.2) is 4.39 Å². The van der Waals surface area contributed by atoms with E-state index in [1.165, 1.54) is 6.07 Å². The molecule has 0 radical (unpaired) electrons. The van der Waals surface area contributed by atoms with Crippen molar-refractivity contribution in [1.29, 1.82) is 0 Å². The van der Waals surface area contributed by atoms with Crippen LogP contribution in [0.2, 0.25) is 0 Å². The lowest BCUT2D eigenvalue weighted by Crippen LogP contribution is -2.31. The molecule has 0 spiro atoms. The number of hydrogen-bond donors (Lipinski definition) is 2. The second kappa shape index (κ2) is 7.85. The molecule has 0 saturated carbocycles. The minimum absolute atomic E-state index is 0.195. The van der Waals surface area contributed by atoms with Crippen LogP contribution in [0.4, 0.5) is 10.1 Å². The van der Waals surface area contributed by atoms with Gasteiger partial charge in [-0.15, -0.1) is 0 Å². The fourth-order valence-electron chi connectivity index (χ4n) is 4.05. The maximum absolute atomic E-state index is 14.8. The summed E-state index contributed by atoms with van der Waals surface area (Å²) in [5.74, 6) is -0.151. The van der Waals surface area contributed by atoms with Gasteiger partial charge in [0.2, 0.25) is 0 Å². The van der Waals surface area contributed by atoms with Crippen molar-refractivity contribution in [3.8, 4) is 11.4 Å². The van der Waals surface area contributed by atoms with Crippen molar-refractivity contribution in [2.24, 2.45) is 0 Å². The van der Waals surface area contributed by atoms with Gasteiger partial charge in [0.25, 0.3) is 0 Å². The van der Waals surface area contributed by atoms with Crippen molar-refractivity contribution in [3.63, 3.8) is 0 Å². The Bertz CT molecular complexity index is 1230. The number of halogens is 1. The standard InChI is InChI=1S/C24H19FN4OS/c25-18-6-1-2-8-20(18)29-23(22(27-24(29)31)19-7-3-4-14-26-19)21-9-5-15-28(21)16-10-12-17(30)13-11-16/h1-15,22-23,30H,(H,27,31)/t22-,23+/m0/s1. The first kappa shape index (κ1) is 19.3. The molecule has 7 heteroatoms. The number of phenols is 1. The SMILES string of the molecule is Oc1ccc(-n2cccc2[C@@H]2[C@H](c3ccccn3)NC(=S)N2c2ccccc2F)cc1. The van der Waals surface area contributed by atoms with Crippen molar-refractivity contribution in [2.75, 3.05) is 4.90 Å². The lowest BCUT2D eigenvalue weighted by molar-refractivity contribution is 0.475. The second-order valence-corrected chi connectivity index (χ2v) is 7.65. The number of nitrogens with one attached hydrogen (secondary N) is 1. The number of rotatable bonds is 4. The number of nitrogens with zero attached hydrogens (tertiary/aromatic N) is 3. The minimum Gasteiger partial charge on any atom is -0.508 e. The van der Waals surface area contributed by atoms with E-state index in [1.54, 1.807) is 36.5 Å². The number of phenolic OH excluding ortho intramolecular Hbond substituents is 1. The Labute approximate surface area is 184 Å². The van der Waals surface area contributed by atoms with E-state index in [9.17, 15) is 9.50 Å². The largest absolute Gasteiger partial charge is 0.508 e. The molecule has 2 aromatic carbocycles. The average Bonchev–Trinajstić information content (AvgIpc) is 3.40. The molecule has 0 aliphatic carbocycles. The van der Waals surface area contributed by atoms with Gasteiger partial charge in [0.1, 0.15) is 17.6 Å². The van der Waals surface area contributed by atoms with Gasteiger partial charge in [-0.1, -0.05) is 18.2 Å². The number of pyridine rings is 1. The van der Waals surface area contributed by atoms with Crippen LogP contribution in [0.25, 0.3) is 5.69 Å². The number of thiocarbonyl (C=S) groups is 1.